The zero-order valence-corrected chi connectivity index (χ0v) is 13.8. The summed E-state index contributed by atoms with van der Waals surface area (Å²) in [5.74, 6) is 0.00449. The number of hydrogen-bond acceptors (Lipinski definition) is 3. The molecule has 0 radical (unpaired) electrons. The molecule has 2 amide bonds. The molecule has 1 saturated heterocycles. The highest BCUT2D eigenvalue weighted by Gasteiger charge is 2.36. The van der Waals surface area contributed by atoms with Crippen LogP contribution in [-0.2, 0) is 16.1 Å². The van der Waals surface area contributed by atoms with Crippen LogP contribution >= 0.6 is 0 Å². The molecular formula is C17H22N4O2. The molecule has 6 heteroatoms. The van der Waals surface area contributed by atoms with E-state index < -0.39 is 6.04 Å². The first-order valence-electron chi connectivity index (χ1n) is 8.02. The predicted molar refractivity (Wildman–Crippen MR) is 86.8 cm³/mol. The van der Waals surface area contributed by atoms with Crippen molar-refractivity contribution in [3.8, 4) is 0 Å². The van der Waals surface area contributed by atoms with Gasteiger partial charge >= 0.3 is 0 Å². The number of aromatic nitrogens is 2. The molecule has 2 aromatic rings. The molecule has 2 aromatic heterocycles. The summed E-state index contributed by atoms with van der Waals surface area (Å²) in [6, 6.07) is 3.52. The molecule has 0 bridgehead atoms. The molecule has 1 atom stereocenters. The summed E-state index contributed by atoms with van der Waals surface area (Å²) in [5, 5.41) is 0. The van der Waals surface area contributed by atoms with E-state index in [0.29, 0.717) is 13.1 Å². The lowest BCUT2D eigenvalue weighted by molar-refractivity contribution is -0.155. The van der Waals surface area contributed by atoms with E-state index in [2.05, 4.69) is 4.98 Å². The second kappa shape index (κ2) is 6.02. The first-order valence-corrected chi connectivity index (χ1v) is 8.02. The van der Waals surface area contributed by atoms with Gasteiger partial charge in [-0.05, 0) is 31.9 Å². The Balaban J connectivity index is 1.80. The third-order valence-electron chi connectivity index (χ3n) is 4.26. The van der Waals surface area contributed by atoms with E-state index in [4.69, 9.17) is 0 Å². The standard InChI is InChI=1S/C17H22N4O2/c1-4-7-19-11-16(22)21(13(3)17(19)23)10-14-9-20-8-12(2)5-6-15(20)18-14/h5-6,8-9,13H,4,7,10-11H2,1-3H3/t13-/m1/s1. The Morgan fingerprint density at radius 1 is 1.26 bits per heavy atom. The number of aryl methyl sites for hydroxylation is 1. The normalized spacial score (nSPS) is 19.0. The highest BCUT2D eigenvalue weighted by molar-refractivity contribution is 5.94. The van der Waals surface area contributed by atoms with Crippen LogP contribution in [0.25, 0.3) is 5.65 Å². The van der Waals surface area contributed by atoms with Gasteiger partial charge in [0.2, 0.25) is 11.8 Å². The number of piperazine rings is 1. The first kappa shape index (κ1) is 15.5. The van der Waals surface area contributed by atoms with Crippen LogP contribution in [0.15, 0.2) is 24.5 Å². The predicted octanol–water partition coefficient (Wildman–Crippen LogP) is 1.61. The van der Waals surface area contributed by atoms with Crippen molar-refractivity contribution >= 4 is 17.5 Å². The minimum atomic E-state index is -0.436. The molecule has 0 aromatic carbocycles. The molecule has 23 heavy (non-hydrogen) atoms. The third kappa shape index (κ3) is 2.93. The Bertz CT molecular complexity index is 752. The zero-order valence-electron chi connectivity index (χ0n) is 13.8. The van der Waals surface area contributed by atoms with Crippen LogP contribution in [0.5, 0.6) is 0 Å². The summed E-state index contributed by atoms with van der Waals surface area (Å²) in [4.78, 5) is 32.6. The van der Waals surface area contributed by atoms with E-state index in [-0.39, 0.29) is 18.4 Å². The second-order valence-electron chi connectivity index (χ2n) is 6.16. The molecule has 0 spiro atoms. The van der Waals surface area contributed by atoms with E-state index in [9.17, 15) is 9.59 Å². The van der Waals surface area contributed by atoms with Gasteiger partial charge < -0.3 is 14.2 Å². The first-order chi connectivity index (χ1) is 11.0. The van der Waals surface area contributed by atoms with Gasteiger partial charge in [-0.1, -0.05) is 13.0 Å². The fraction of sp³-hybridized carbons (Fsp3) is 0.471. The average molecular weight is 314 g/mol. The van der Waals surface area contributed by atoms with Crippen molar-refractivity contribution in [1.82, 2.24) is 19.2 Å². The van der Waals surface area contributed by atoms with Gasteiger partial charge in [0.25, 0.3) is 0 Å². The summed E-state index contributed by atoms with van der Waals surface area (Å²) in [7, 11) is 0. The maximum atomic E-state index is 12.4. The minimum Gasteiger partial charge on any atom is -0.332 e. The number of hydrogen-bond donors (Lipinski definition) is 0. The summed E-state index contributed by atoms with van der Waals surface area (Å²) in [6.45, 7) is 7.00. The number of amides is 2. The van der Waals surface area contributed by atoms with Gasteiger partial charge in [0.15, 0.2) is 0 Å². The van der Waals surface area contributed by atoms with Gasteiger partial charge in [0.1, 0.15) is 11.7 Å². The van der Waals surface area contributed by atoms with Gasteiger partial charge in [-0.25, -0.2) is 4.98 Å². The fourth-order valence-electron chi connectivity index (χ4n) is 3.04. The Kier molecular flexibility index (Phi) is 4.07. The van der Waals surface area contributed by atoms with E-state index in [1.54, 1.807) is 16.7 Å². The van der Waals surface area contributed by atoms with Crippen LogP contribution in [0, 0.1) is 6.92 Å². The van der Waals surface area contributed by atoms with Crippen LogP contribution in [0.1, 0.15) is 31.5 Å². The lowest BCUT2D eigenvalue weighted by Gasteiger charge is -2.38. The molecule has 122 valence electrons. The molecule has 0 N–H and O–H groups in total. The number of fused-ring (bicyclic) bond motifs is 1. The summed E-state index contributed by atoms with van der Waals surface area (Å²) in [6.07, 6.45) is 4.78. The Morgan fingerprint density at radius 2 is 2.04 bits per heavy atom. The maximum Gasteiger partial charge on any atom is 0.245 e. The third-order valence-corrected chi connectivity index (χ3v) is 4.26. The van der Waals surface area contributed by atoms with E-state index in [1.165, 1.54) is 0 Å². The molecule has 3 heterocycles. The summed E-state index contributed by atoms with van der Waals surface area (Å²) >= 11 is 0. The minimum absolute atomic E-state index is 0.0150. The lowest BCUT2D eigenvalue weighted by Crippen LogP contribution is -2.58. The van der Waals surface area contributed by atoms with Crippen molar-refractivity contribution in [3.05, 3.63) is 35.8 Å². The maximum absolute atomic E-state index is 12.4. The van der Waals surface area contributed by atoms with Crippen molar-refractivity contribution in [2.24, 2.45) is 0 Å². The lowest BCUT2D eigenvalue weighted by atomic mass is 10.1. The summed E-state index contributed by atoms with van der Waals surface area (Å²) in [5.41, 5.74) is 2.79. The molecule has 0 unspecified atom stereocenters. The fourth-order valence-corrected chi connectivity index (χ4v) is 3.04. The molecule has 0 aliphatic carbocycles. The molecule has 0 saturated carbocycles. The number of carbonyl (C=O) groups is 2. The smallest absolute Gasteiger partial charge is 0.245 e. The molecule has 3 rings (SSSR count). The van der Waals surface area contributed by atoms with Crippen molar-refractivity contribution < 1.29 is 9.59 Å². The van der Waals surface area contributed by atoms with E-state index in [1.807, 2.05) is 42.8 Å². The Labute approximate surface area is 135 Å². The molecular weight excluding hydrogens is 292 g/mol. The molecule has 1 fully saturated rings. The van der Waals surface area contributed by atoms with Crippen molar-refractivity contribution in [3.63, 3.8) is 0 Å². The van der Waals surface area contributed by atoms with Crippen LogP contribution in [-0.4, -0.2) is 50.1 Å². The van der Waals surface area contributed by atoms with Gasteiger partial charge in [0.05, 0.1) is 18.8 Å². The van der Waals surface area contributed by atoms with Gasteiger partial charge in [-0.15, -0.1) is 0 Å². The highest BCUT2D eigenvalue weighted by Crippen LogP contribution is 2.17. The van der Waals surface area contributed by atoms with E-state index >= 15 is 0 Å². The SMILES string of the molecule is CCCN1CC(=O)N(Cc2cn3cc(C)ccc3n2)[C@H](C)C1=O. The van der Waals surface area contributed by atoms with Gasteiger partial charge in [-0.2, -0.15) is 0 Å². The number of imidazole rings is 1. The number of rotatable bonds is 4. The quantitative estimate of drug-likeness (QED) is 0.861. The summed E-state index contributed by atoms with van der Waals surface area (Å²) < 4.78 is 1.95. The Morgan fingerprint density at radius 3 is 2.78 bits per heavy atom. The highest BCUT2D eigenvalue weighted by atomic mass is 16.2. The topological polar surface area (TPSA) is 57.9 Å². The number of pyridine rings is 1. The van der Waals surface area contributed by atoms with Crippen molar-refractivity contribution in [2.45, 2.75) is 39.8 Å². The van der Waals surface area contributed by atoms with Gasteiger partial charge in [-0.3, -0.25) is 9.59 Å². The van der Waals surface area contributed by atoms with Crippen LogP contribution in [0.4, 0.5) is 0 Å². The Hall–Kier alpha value is -2.37. The molecule has 1 aliphatic heterocycles. The van der Waals surface area contributed by atoms with Crippen molar-refractivity contribution in [2.75, 3.05) is 13.1 Å². The van der Waals surface area contributed by atoms with Crippen molar-refractivity contribution in [1.29, 1.82) is 0 Å². The van der Waals surface area contributed by atoms with Gasteiger partial charge in [0, 0.05) is 18.9 Å². The average Bonchev–Trinajstić information content (AvgIpc) is 2.91. The zero-order chi connectivity index (χ0) is 16.6. The van der Waals surface area contributed by atoms with Crippen LogP contribution < -0.4 is 0 Å². The monoisotopic (exact) mass is 314 g/mol. The van der Waals surface area contributed by atoms with E-state index in [0.717, 1.165) is 23.3 Å². The molecule has 1 aliphatic rings. The van der Waals surface area contributed by atoms with Crippen LogP contribution in [0.3, 0.4) is 0 Å². The molecule has 6 nitrogen and oxygen atoms in total. The van der Waals surface area contributed by atoms with Crippen LogP contribution in [0.2, 0.25) is 0 Å². The second-order valence-corrected chi connectivity index (χ2v) is 6.16. The largest absolute Gasteiger partial charge is 0.332 e. The number of carbonyl (C=O) groups excluding carboxylic acids is 2. The number of nitrogens with zero attached hydrogens (tertiary/aromatic N) is 4.